The number of pyridine rings is 1. The van der Waals surface area contributed by atoms with E-state index in [2.05, 4.69) is 15.4 Å². The number of carbonyl (C=O) groups is 1. The molecule has 6 nitrogen and oxygen atoms in total. The SMILES string of the molecule is O=C(Nc1nc2ccc(F)cn2n1)c1cc2c(s1)CCOC2. The number of thiophene rings is 1. The van der Waals surface area contributed by atoms with Gasteiger partial charge in [0.25, 0.3) is 5.91 Å². The second-order valence-corrected chi connectivity index (χ2v) is 6.04. The fraction of sp³-hybridized carbons (Fsp3) is 0.214. The van der Waals surface area contributed by atoms with E-state index in [1.54, 1.807) is 0 Å². The van der Waals surface area contributed by atoms with Gasteiger partial charge < -0.3 is 4.74 Å². The summed E-state index contributed by atoms with van der Waals surface area (Å²) in [6.45, 7) is 1.24. The Hall–Kier alpha value is -2.32. The quantitative estimate of drug-likeness (QED) is 0.787. The molecule has 0 unspecified atom stereocenters. The predicted molar refractivity (Wildman–Crippen MR) is 78.6 cm³/mol. The zero-order chi connectivity index (χ0) is 15.1. The number of amides is 1. The molecule has 1 aliphatic heterocycles. The van der Waals surface area contributed by atoms with Crippen LogP contribution in [0.4, 0.5) is 10.3 Å². The largest absolute Gasteiger partial charge is 0.376 e. The van der Waals surface area contributed by atoms with Gasteiger partial charge in [0.15, 0.2) is 5.65 Å². The van der Waals surface area contributed by atoms with Gasteiger partial charge in [-0.2, -0.15) is 4.98 Å². The van der Waals surface area contributed by atoms with E-state index in [1.165, 1.54) is 39.1 Å². The van der Waals surface area contributed by atoms with Gasteiger partial charge in [0.05, 0.1) is 24.3 Å². The molecule has 1 aliphatic rings. The first kappa shape index (κ1) is 13.4. The Morgan fingerprint density at radius 1 is 1.45 bits per heavy atom. The van der Waals surface area contributed by atoms with Crippen LogP contribution in [0.2, 0.25) is 0 Å². The highest BCUT2D eigenvalue weighted by Crippen LogP contribution is 2.27. The minimum absolute atomic E-state index is 0.151. The third-order valence-electron chi connectivity index (χ3n) is 3.37. The van der Waals surface area contributed by atoms with Crippen molar-refractivity contribution in [2.45, 2.75) is 13.0 Å². The van der Waals surface area contributed by atoms with Crippen LogP contribution in [0.5, 0.6) is 0 Å². The van der Waals surface area contributed by atoms with Gasteiger partial charge in [-0.3, -0.25) is 10.1 Å². The Kier molecular flexibility index (Phi) is 3.12. The molecule has 22 heavy (non-hydrogen) atoms. The van der Waals surface area contributed by atoms with Crippen LogP contribution in [-0.2, 0) is 17.8 Å². The topological polar surface area (TPSA) is 68.5 Å². The highest BCUT2D eigenvalue weighted by Gasteiger charge is 2.18. The molecule has 1 amide bonds. The number of rotatable bonds is 2. The lowest BCUT2D eigenvalue weighted by molar-refractivity contribution is 0.102. The van der Waals surface area contributed by atoms with Gasteiger partial charge in [0.1, 0.15) is 5.82 Å². The van der Waals surface area contributed by atoms with Crippen LogP contribution in [0.1, 0.15) is 20.1 Å². The van der Waals surface area contributed by atoms with Crippen molar-refractivity contribution >= 4 is 28.8 Å². The number of hydrogen-bond donors (Lipinski definition) is 1. The molecule has 8 heteroatoms. The summed E-state index contributed by atoms with van der Waals surface area (Å²) in [5.74, 6) is -0.532. The summed E-state index contributed by atoms with van der Waals surface area (Å²) >= 11 is 1.46. The van der Waals surface area contributed by atoms with Gasteiger partial charge in [0.2, 0.25) is 5.95 Å². The summed E-state index contributed by atoms with van der Waals surface area (Å²) in [6.07, 6.45) is 2.04. The molecule has 0 spiro atoms. The number of carbonyl (C=O) groups excluding carboxylic acids is 1. The summed E-state index contributed by atoms with van der Waals surface area (Å²) < 4.78 is 19.8. The molecule has 0 atom stereocenters. The van der Waals surface area contributed by atoms with Crippen molar-refractivity contribution in [3.8, 4) is 0 Å². The van der Waals surface area contributed by atoms with E-state index in [1.807, 2.05) is 6.07 Å². The van der Waals surface area contributed by atoms with Crippen LogP contribution in [0, 0.1) is 5.82 Å². The Morgan fingerprint density at radius 2 is 2.36 bits per heavy atom. The maximum absolute atomic E-state index is 13.1. The molecule has 0 aromatic carbocycles. The molecule has 0 radical (unpaired) electrons. The lowest BCUT2D eigenvalue weighted by Crippen LogP contribution is -2.11. The van der Waals surface area contributed by atoms with Gasteiger partial charge in [-0.05, 0) is 23.8 Å². The molecular weight excluding hydrogens is 307 g/mol. The van der Waals surface area contributed by atoms with Gasteiger partial charge in [-0.25, -0.2) is 8.91 Å². The number of fused-ring (bicyclic) bond motifs is 2. The number of halogens is 1. The number of aromatic nitrogens is 3. The first-order valence-electron chi connectivity index (χ1n) is 6.72. The van der Waals surface area contributed by atoms with E-state index >= 15 is 0 Å². The van der Waals surface area contributed by atoms with E-state index in [0.29, 0.717) is 23.7 Å². The highest BCUT2D eigenvalue weighted by molar-refractivity contribution is 7.14. The number of ether oxygens (including phenoxy) is 1. The molecule has 4 heterocycles. The van der Waals surface area contributed by atoms with Crippen LogP contribution < -0.4 is 5.32 Å². The van der Waals surface area contributed by atoms with Crippen molar-refractivity contribution < 1.29 is 13.9 Å². The standard InChI is InChI=1S/C14H11FN4O2S/c15-9-1-2-12-16-14(18-19(12)6-9)17-13(20)11-5-8-7-21-4-3-10(8)22-11/h1-2,5-6H,3-4,7H2,(H,17,18,20). The molecule has 1 N–H and O–H groups in total. The van der Waals surface area contributed by atoms with Crippen molar-refractivity contribution in [2.24, 2.45) is 0 Å². The minimum atomic E-state index is -0.416. The number of nitrogens with zero attached hydrogens (tertiary/aromatic N) is 3. The van der Waals surface area contributed by atoms with Crippen molar-refractivity contribution in [1.29, 1.82) is 0 Å². The predicted octanol–water partition coefficient (Wildman–Crippen LogP) is 2.25. The van der Waals surface area contributed by atoms with E-state index in [4.69, 9.17) is 4.74 Å². The molecule has 0 aliphatic carbocycles. The van der Waals surface area contributed by atoms with Gasteiger partial charge >= 0.3 is 0 Å². The highest BCUT2D eigenvalue weighted by atomic mass is 32.1. The smallest absolute Gasteiger partial charge is 0.268 e. The lowest BCUT2D eigenvalue weighted by atomic mass is 10.2. The zero-order valence-electron chi connectivity index (χ0n) is 11.4. The molecule has 0 bridgehead atoms. The fourth-order valence-corrected chi connectivity index (χ4v) is 3.38. The first-order valence-corrected chi connectivity index (χ1v) is 7.53. The van der Waals surface area contributed by atoms with Crippen LogP contribution >= 0.6 is 11.3 Å². The first-order chi connectivity index (χ1) is 10.7. The average molecular weight is 318 g/mol. The van der Waals surface area contributed by atoms with Crippen LogP contribution in [0.25, 0.3) is 5.65 Å². The minimum Gasteiger partial charge on any atom is -0.376 e. The Balaban J connectivity index is 1.58. The maximum atomic E-state index is 13.1. The molecule has 112 valence electrons. The second-order valence-electron chi connectivity index (χ2n) is 4.90. The normalized spacial score (nSPS) is 14.0. The van der Waals surface area contributed by atoms with E-state index in [-0.39, 0.29) is 11.9 Å². The summed E-state index contributed by atoms with van der Waals surface area (Å²) in [4.78, 5) is 18.2. The molecule has 3 aromatic rings. The van der Waals surface area contributed by atoms with E-state index < -0.39 is 5.82 Å². The number of anilines is 1. The zero-order valence-corrected chi connectivity index (χ0v) is 12.2. The van der Waals surface area contributed by atoms with Crippen molar-refractivity contribution in [3.63, 3.8) is 0 Å². The van der Waals surface area contributed by atoms with Gasteiger partial charge in [-0.15, -0.1) is 16.4 Å². The second kappa shape index (κ2) is 5.15. The van der Waals surface area contributed by atoms with Crippen LogP contribution in [0.3, 0.4) is 0 Å². The molecule has 4 rings (SSSR count). The van der Waals surface area contributed by atoms with Crippen LogP contribution in [-0.4, -0.2) is 27.1 Å². The Labute approximate surface area is 128 Å². The fourth-order valence-electron chi connectivity index (χ4n) is 2.33. The lowest BCUT2D eigenvalue weighted by Gasteiger charge is -2.10. The van der Waals surface area contributed by atoms with Crippen LogP contribution in [0.15, 0.2) is 24.4 Å². The monoisotopic (exact) mass is 318 g/mol. The number of nitrogens with one attached hydrogen (secondary N) is 1. The summed E-state index contributed by atoms with van der Waals surface area (Å²) in [6, 6.07) is 4.63. The summed E-state index contributed by atoms with van der Waals surface area (Å²) in [5, 5.41) is 6.68. The summed E-state index contributed by atoms with van der Waals surface area (Å²) in [7, 11) is 0. The third-order valence-corrected chi connectivity index (χ3v) is 4.61. The van der Waals surface area contributed by atoms with E-state index in [9.17, 15) is 9.18 Å². The molecule has 0 fully saturated rings. The molecular formula is C14H11FN4O2S. The van der Waals surface area contributed by atoms with Crippen molar-refractivity contribution in [3.05, 3.63) is 45.5 Å². The summed E-state index contributed by atoms with van der Waals surface area (Å²) in [5.41, 5.74) is 1.53. The number of hydrogen-bond acceptors (Lipinski definition) is 5. The molecule has 0 saturated carbocycles. The molecule has 3 aromatic heterocycles. The average Bonchev–Trinajstić information content (AvgIpc) is 3.09. The van der Waals surface area contributed by atoms with Gasteiger partial charge in [0, 0.05) is 11.3 Å². The maximum Gasteiger partial charge on any atom is 0.268 e. The molecule has 0 saturated heterocycles. The third kappa shape index (κ3) is 2.36. The van der Waals surface area contributed by atoms with Crippen molar-refractivity contribution in [1.82, 2.24) is 14.6 Å². The van der Waals surface area contributed by atoms with Gasteiger partial charge in [-0.1, -0.05) is 0 Å². The van der Waals surface area contributed by atoms with Crippen molar-refractivity contribution in [2.75, 3.05) is 11.9 Å². The Bertz CT molecular complexity index is 849. The van der Waals surface area contributed by atoms with E-state index in [0.717, 1.165) is 12.0 Å². The Morgan fingerprint density at radius 3 is 3.23 bits per heavy atom.